The molecule has 1 fully saturated rings. The molecule has 3 rings (SSSR count). The van der Waals surface area contributed by atoms with Crippen molar-refractivity contribution in [2.75, 3.05) is 0 Å². The van der Waals surface area contributed by atoms with Crippen molar-refractivity contribution in [1.82, 2.24) is 0 Å². The molecule has 1 saturated heterocycles. The SMILES string of the molecule is CC.O=[N+]([O-])c1ccc2c(c1)C1OC1C2. The van der Waals surface area contributed by atoms with Crippen LogP contribution in [0.4, 0.5) is 5.69 Å². The molecule has 1 heterocycles. The number of nitro benzene ring substituents is 1. The molecule has 80 valence electrons. The van der Waals surface area contributed by atoms with Crippen LogP contribution in [0.25, 0.3) is 0 Å². The summed E-state index contributed by atoms with van der Waals surface area (Å²) in [5.41, 5.74) is 2.38. The third-order valence-corrected chi connectivity index (χ3v) is 2.65. The molecule has 15 heavy (non-hydrogen) atoms. The number of nitro groups is 1. The first kappa shape index (κ1) is 10.1. The third-order valence-electron chi connectivity index (χ3n) is 2.65. The van der Waals surface area contributed by atoms with Gasteiger partial charge in [-0.15, -0.1) is 0 Å². The summed E-state index contributed by atoms with van der Waals surface area (Å²) in [7, 11) is 0. The summed E-state index contributed by atoms with van der Waals surface area (Å²) in [6.45, 7) is 4.00. The van der Waals surface area contributed by atoms with Gasteiger partial charge in [-0.05, 0) is 11.1 Å². The smallest absolute Gasteiger partial charge is 0.269 e. The van der Waals surface area contributed by atoms with Crippen LogP contribution in [0.15, 0.2) is 18.2 Å². The van der Waals surface area contributed by atoms with E-state index in [1.54, 1.807) is 12.1 Å². The Hall–Kier alpha value is -1.42. The van der Waals surface area contributed by atoms with E-state index in [-0.39, 0.29) is 16.7 Å². The van der Waals surface area contributed by atoms with Crippen molar-refractivity contribution >= 4 is 5.69 Å². The second kappa shape index (κ2) is 3.62. The zero-order valence-electron chi connectivity index (χ0n) is 8.77. The van der Waals surface area contributed by atoms with Crippen LogP contribution in [0.5, 0.6) is 0 Å². The fraction of sp³-hybridized carbons (Fsp3) is 0.455. The first-order valence-electron chi connectivity index (χ1n) is 5.18. The van der Waals surface area contributed by atoms with Gasteiger partial charge in [-0.25, -0.2) is 0 Å². The molecule has 0 bridgehead atoms. The Morgan fingerprint density at radius 1 is 1.47 bits per heavy atom. The van der Waals surface area contributed by atoms with Gasteiger partial charge in [0.2, 0.25) is 0 Å². The maximum Gasteiger partial charge on any atom is 0.269 e. The summed E-state index contributed by atoms with van der Waals surface area (Å²) in [4.78, 5) is 10.1. The molecule has 2 unspecified atom stereocenters. The van der Waals surface area contributed by atoms with Crippen molar-refractivity contribution in [3.8, 4) is 0 Å². The van der Waals surface area contributed by atoms with Crippen molar-refractivity contribution < 1.29 is 9.66 Å². The highest BCUT2D eigenvalue weighted by molar-refractivity contribution is 5.46. The lowest BCUT2D eigenvalue weighted by molar-refractivity contribution is -0.384. The highest BCUT2D eigenvalue weighted by Gasteiger charge is 2.47. The van der Waals surface area contributed by atoms with Gasteiger partial charge in [0.1, 0.15) is 6.10 Å². The van der Waals surface area contributed by atoms with Gasteiger partial charge in [-0.3, -0.25) is 10.1 Å². The fourth-order valence-electron chi connectivity index (χ4n) is 1.94. The first-order chi connectivity index (χ1) is 7.25. The largest absolute Gasteiger partial charge is 0.364 e. The molecule has 1 aliphatic carbocycles. The van der Waals surface area contributed by atoms with E-state index < -0.39 is 0 Å². The predicted molar refractivity (Wildman–Crippen MR) is 55.8 cm³/mol. The number of non-ortho nitro benzene ring substituents is 1. The van der Waals surface area contributed by atoms with Crippen LogP contribution in [-0.2, 0) is 11.2 Å². The summed E-state index contributed by atoms with van der Waals surface area (Å²) in [5.74, 6) is 0. The minimum absolute atomic E-state index is 0.148. The zero-order valence-corrected chi connectivity index (χ0v) is 8.77. The summed E-state index contributed by atoms with van der Waals surface area (Å²) in [6.07, 6.45) is 1.37. The van der Waals surface area contributed by atoms with Crippen LogP contribution in [0.1, 0.15) is 31.1 Å². The molecule has 2 atom stereocenters. The normalized spacial score (nSPS) is 24.7. The molecule has 4 nitrogen and oxygen atoms in total. The quantitative estimate of drug-likeness (QED) is 0.404. The van der Waals surface area contributed by atoms with Gasteiger partial charge in [-0.2, -0.15) is 0 Å². The molecule has 1 aromatic rings. The number of ether oxygens (including phenoxy) is 1. The van der Waals surface area contributed by atoms with E-state index >= 15 is 0 Å². The van der Waals surface area contributed by atoms with Crippen molar-refractivity contribution in [3.63, 3.8) is 0 Å². The van der Waals surface area contributed by atoms with Gasteiger partial charge in [0.25, 0.3) is 5.69 Å². The molecule has 2 aliphatic rings. The minimum Gasteiger partial charge on any atom is -0.364 e. The van der Waals surface area contributed by atoms with E-state index in [1.807, 2.05) is 19.9 Å². The molecule has 1 aliphatic heterocycles. The number of rotatable bonds is 1. The van der Waals surface area contributed by atoms with Crippen LogP contribution in [-0.4, -0.2) is 11.0 Å². The number of hydrogen-bond donors (Lipinski definition) is 0. The molecule has 0 aromatic heterocycles. The first-order valence-corrected chi connectivity index (χ1v) is 5.18. The fourth-order valence-corrected chi connectivity index (χ4v) is 1.94. The van der Waals surface area contributed by atoms with E-state index in [4.69, 9.17) is 4.74 Å². The lowest BCUT2D eigenvalue weighted by atomic mass is 10.1. The monoisotopic (exact) mass is 207 g/mol. The van der Waals surface area contributed by atoms with E-state index in [0.29, 0.717) is 6.10 Å². The summed E-state index contributed by atoms with van der Waals surface area (Å²) < 4.78 is 5.29. The Balaban J connectivity index is 0.000000404. The van der Waals surface area contributed by atoms with Gasteiger partial charge in [0.05, 0.1) is 11.0 Å². The van der Waals surface area contributed by atoms with E-state index in [0.717, 1.165) is 12.0 Å². The molecular formula is C11H13NO3. The lowest BCUT2D eigenvalue weighted by Gasteiger charge is -2.00. The number of fused-ring (bicyclic) bond motifs is 3. The van der Waals surface area contributed by atoms with Crippen LogP contribution in [0.2, 0.25) is 0 Å². The lowest BCUT2D eigenvalue weighted by Crippen LogP contribution is -1.92. The Labute approximate surface area is 88.0 Å². The highest BCUT2D eigenvalue weighted by Crippen LogP contribution is 2.49. The number of benzene rings is 1. The van der Waals surface area contributed by atoms with E-state index in [2.05, 4.69) is 0 Å². The number of hydrogen-bond acceptors (Lipinski definition) is 3. The number of epoxide rings is 1. The van der Waals surface area contributed by atoms with Gasteiger partial charge in [0, 0.05) is 18.6 Å². The van der Waals surface area contributed by atoms with Crippen molar-refractivity contribution in [3.05, 3.63) is 39.4 Å². The Morgan fingerprint density at radius 2 is 2.20 bits per heavy atom. The minimum atomic E-state index is -0.365. The topological polar surface area (TPSA) is 55.7 Å². The molecule has 0 N–H and O–H groups in total. The zero-order chi connectivity index (χ0) is 11.0. The van der Waals surface area contributed by atoms with Crippen LogP contribution < -0.4 is 0 Å². The van der Waals surface area contributed by atoms with Gasteiger partial charge < -0.3 is 4.74 Å². The average Bonchev–Trinajstić information content (AvgIpc) is 2.94. The summed E-state index contributed by atoms with van der Waals surface area (Å²) >= 11 is 0. The average molecular weight is 207 g/mol. The van der Waals surface area contributed by atoms with Gasteiger partial charge in [-0.1, -0.05) is 19.9 Å². The Kier molecular flexibility index (Phi) is 2.44. The summed E-state index contributed by atoms with van der Waals surface area (Å²) in [5, 5.41) is 10.5. The van der Waals surface area contributed by atoms with Crippen LogP contribution >= 0.6 is 0 Å². The van der Waals surface area contributed by atoms with Gasteiger partial charge in [0.15, 0.2) is 0 Å². The van der Waals surface area contributed by atoms with Crippen molar-refractivity contribution in [1.29, 1.82) is 0 Å². The number of nitrogens with zero attached hydrogens (tertiary/aromatic N) is 1. The summed E-state index contributed by atoms with van der Waals surface area (Å²) in [6, 6.07) is 5.03. The standard InChI is InChI=1S/C9H7NO3.C2H6/c11-10(12)6-2-1-5-3-8-9(13-8)7(5)4-6;1-2/h1-2,4,8-9H,3H2;1-2H3. The maximum absolute atomic E-state index is 10.5. The Bertz CT molecular complexity index is 403. The molecule has 0 radical (unpaired) electrons. The van der Waals surface area contributed by atoms with Crippen LogP contribution in [0, 0.1) is 10.1 Å². The molecular weight excluding hydrogens is 194 g/mol. The molecule has 0 saturated carbocycles. The van der Waals surface area contributed by atoms with Crippen molar-refractivity contribution in [2.24, 2.45) is 0 Å². The molecule has 1 aromatic carbocycles. The van der Waals surface area contributed by atoms with Gasteiger partial charge >= 0.3 is 0 Å². The van der Waals surface area contributed by atoms with Crippen LogP contribution in [0.3, 0.4) is 0 Å². The molecule has 4 heteroatoms. The second-order valence-electron chi connectivity index (χ2n) is 3.44. The van der Waals surface area contributed by atoms with Crippen molar-refractivity contribution in [2.45, 2.75) is 32.5 Å². The Morgan fingerprint density at radius 3 is 2.87 bits per heavy atom. The molecule has 0 amide bonds. The predicted octanol–water partition coefficient (Wildman–Crippen LogP) is 2.62. The van der Waals surface area contributed by atoms with E-state index in [1.165, 1.54) is 5.56 Å². The second-order valence-corrected chi connectivity index (χ2v) is 3.44. The molecule has 0 spiro atoms. The highest BCUT2D eigenvalue weighted by atomic mass is 16.6. The third kappa shape index (κ3) is 1.61. The van der Waals surface area contributed by atoms with E-state index in [9.17, 15) is 10.1 Å². The maximum atomic E-state index is 10.5.